The van der Waals surface area contributed by atoms with Crippen LogP contribution in [-0.4, -0.2) is 47.8 Å². The molecule has 5 rings (SSSR count). The van der Waals surface area contributed by atoms with Gasteiger partial charge in [0.1, 0.15) is 12.4 Å². The summed E-state index contributed by atoms with van der Waals surface area (Å²) in [5.41, 5.74) is 8.21. The van der Waals surface area contributed by atoms with Gasteiger partial charge >= 0.3 is 5.69 Å². The van der Waals surface area contributed by atoms with E-state index < -0.39 is 11.2 Å². The minimum absolute atomic E-state index is 0.0306. The standard InChI is InChI=1S/C25H28N8O2/c1-4-5-11-32-24(30-10-6-7-18(26)14-30)29-22-13-23(34)31(25(35)33(22)32)15-21-27-17(3)19-12-16(2)8-9-20(19)28-21/h8-9,12-13,18H,6-7,10-11,14-15,26H2,1-3H3. The van der Waals surface area contributed by atoms with E-state index in [1.165, 1.54) is 10.6 Å². The Hall–Kier alpha value is -3.97. The van der Waals surface area contributed by atoms with Crippen molar-refractivity contribution < 1.29 is 0 Å². The Kier molecular flexibility index (Phi) is 5.86. The molecule has 1 aliphatic heterocycles. The van der Waals surface area contributed by atoms with Gasteiger partial charge in [0.2, 0.25) is 5.95 Å². The number of nitrogens with zero attached hydrogens (tertiary/aromatic N) is 7. The predicted octanol–water partition coefficient (Wildman–Crippen LogP) is 1.22. The number of fused-ring (bicyclic) bond motifs is 2. The van der Waals surface area contributed by atoms with E-state index in [1.807, 2.05) is 32.0 Å². The SMILES string of the molecule is CC#CCn1c(N2CCCC(N)C2)nc2cc(=O)n(Cc3nc(C)c4cc(C)ccc4n3)c(=O)n21. The normalized spacial score (nSPS) is 16.0. The number of aromatic nitrogens is 6. The highest BCUT2D eigenvalue weighted by Crippen LogP contribution is 2.20. The number of piperidine rings is 1. The number of hydrogen-bond acceptors (Lipinski definition) is 7. The van der Waals surface area contributed by atoms with E-state index in [0.29, 0.717) is 18.3 Å². The summed E-state index contributed by atoms with van der Waals surface area (Å²) in [6.07, 6.45) is 1.88. The summed E-state index contributed by atoms with van der Waals surface area (Å²) in [6, 6.07) is 7.34. The Morgan fingerprint density at radius 3 is 2.74 bits per heavy atom. The fourth-order valence-electron chi connectivity index (χ4n) is 4.65. The summed E-state index contributed by atoms with van der Waals surface area (Å²) in [6.45, 7) is 7.29. The van der Waals surface area contributed by atoms with Gasteiger partial charge in [-0.25, -0.2) is 19.4 Å². The maximum atomic E-state index is 13.6. The summed E-state index contributed by atoms with van der Waals surface area (Å²) in [4.78, 5) is 42.5. The maximum absolute atomic E-state index is 13.6. The van der Waals surface area contributed by atoms with Crippen LogP contribution in [0.2, 0.25) is 0 Å². The molecule has 1 aliphatic rings. The van der Waals surface area contributed by atoms with Crippen LogP contribution in [-0.2, 0) is 13.1 Å². The molecule has 180 valence electrons. The zero-order valence-electron chi connectivity index (χ0n) is 20.2. The van der Waals surface area contributed by atoms with E-state index in [2.05, 4.69) is 31.7 Å². The Labute approximate surface area is 202 Å². The monoisotopic (exact) mass is 472 g/mol. The van der Waals surface area contributed by atoms with E-state index in [-0.39, 0.29) is 24.8 Å². The van der Waals surface area contributed by atoms with Gasteiger partial charge in [-0.3, -0.25) is 9.36 Å². The average Bonchev–Trinajstić information content (AvgIpc) is 3.19. The first-order valence-electron chi connectivity index (χ1n) is 11.7. The van der Waals surface area contributed by atoms with Gasteiger partial charge in [0.15, 0.2) is 5.65 Å². The molecule has 0 bridgehead atoms. The van der Waals surface area contributed by atoms with Gasteiger partial charge in [0.05, 0.1) is 12.1 Å². The Bertz CT molecular complexity index is 1620. The highest BCUT2D eigenvalue weighted by molar-refractivity contribution is 5.81. The summed E-state index contributed by atoms with van der Waals surface area (Å²) >= 11 is 0. The average molecular weight is 473 g/mol. The van der Waals surface area contributed by atoms with Crippen LogP contribution in [0.25, 0.3) is 16.6 Å². The van der Waals surface area contributed by atoms with E-state index in [0.717, 1.165) is 46.1 Å². The Balaban J connectivity index is 1.63. The van der Waals surface area contributed by atoms with Gasteiger partial charge in [0.25, 0.3) is 5.56 Å². The zero-order valence-corrected chi connectivity index (χ0v) is 20.2. The summed E-state index contributed by atoms with van der Waals surface area (Å²) < 4.78 is 4.28. The van der Waals surface area contributed by atoms with E-state index in [1.54, 1.807) is 11.6 Å². The molecular formula is C25H28N8O2. The van der Waals surface area contributed by atoms with Crippen molar-refractivity contribution in [2.75, 3.05) is 18.0 Å². The molecule has 1 saturated heterocycles. The van der Waals surface area contributed by atoms with Gasteiger partial charge in [-0.2, -0.15) is 9.50 Å². The van der Waals surface area contributed by atoms with Crippen molar-refractivity contribution >= 4 is 22.5 Å². The molecule has 10 nitrogen and oxygen atoms in total. The molecule has 1 aromatic carbocycles. The van der Waals surface area contributed by atoms with Crippen molar-refractivity contribution in [1.29, 1.82) is 0 Å². The first kappa shape index (κ1) is 22.8. The molecule has 0 amide bonds. The van der Waals surface area contributed by atoms with Gasteiger partial charge < -0.3 is 10.6 Å². The van der Waals surface area contributed by atoms with Crippen LogP contribution in [0.3, 0.4) is 0 Å². The van der Waals surface area contributed by atoms with Gasteiger partial charge in [-0.05, 0) is 45.7 Å². The largest absolute Gasteiger partial charge is 0.352 e. The molecular weight excluding hydrogens is 444 g/mol. The molecule has 35 heavy (non-hydrogen) atoms. The number of nitrogens with two attached hydrogens (primary N) is 1. The van der Waals surface area contributed by atoms with E-state index in [4.69, 9.17) is 5.73 Å². The van der Waals surface area contributed by atoms with Crippen LogP contribution < -0.4 is 21.9 Å². The fourth-order valence-corrected chi connectivity index (χ4v) is 4.65. The first-order valence-corrected chi connectivity index (χ1v) is 11.7. The van der Waals surface area contributed by atoms with Crippen molar-refractivity contribution in [3.8, 4) is 11.8 Å². The quantitative estimate of drug-likeness (QED) is 0.444. The van der Waals surface area contributed by atoms with Crippen LogP contribution in [0.15, 0.2) is 33.9 Å². The van der Waals surface area contributed by atoms with Crippen LogP contribution in [0, 0.1) is 25.7 Å². The number of benzene rings is 1. The number of rotatable bonds is 4. The molecule has 1 unspecified atom stereocenters. The minimum atomic E-state index is -0.504. The molecule has 3 aromatic heterocycles. The second-order valence-electron chi connectivity index (χ2n) is 9.01. The molecule has 2 N–H and O–H groups in total. The lowest BCUT2D eigenvalue weighted by molar-refractivity contribution is 0.485. The third-order valence-corrected chi connectivity index (χ3v) is 6.37. The molecule has 1 atom stereocenters. The molecule has 1 fully saturated rings. The smallest absolute Gasteiger partial charge is 0.339 e. The lowest BCUT2D eigenvalue weighted by Gasteiger charge is -2.31. The van der Waals surface area contributed by atoms with Crippen molar-refractivity contribution in [3.05, 3.63) is 62.2 Å². The van der Waals surface area contributed by atoms with Crippen LogP contribution in [0.1, 0.15) is 36.8 Å². The highest BCUT2D eigenvalue weighted by Gasteiger charge is 2.24. The Morgan fingerprint density at radius 1 is 1.14 bits per heavy atom. The van der Waals surface area contributed by atoms with Crippen molar-refractivity contribution in [1.82, 2.24) is 28.7 Å². The predicted molar refractivity (Wildman–Crippen MR) is 135 cm³/mol. The van der Waals surface area contributed by atoms with E-state index in [9.17, 15) is 9.59 Å². The zero-order chi connectivity index (χ0) is 24.7. The number of hydrogen-bond donors (Lipinski definition) is 1. The number of aryl methyl sites for hydroxylation is 2. The maximum Gasteiger partial charge on any atom is 0.352 e. The minimum Gasteiger partial charge on any atom is -0.339 e. The third kappa shape index (κ3) is 4.19. The van der Waals surface area contributed by atoms with Gasteiger partial charge in [0, 0.05) is 36.3 Å². The molecule has 10 heteroatoms. The van der Waals surface area contributed by atoms with Gasteiger partial charge in [-0.15, -0.1) is 5.92 Å². The fraction of sp³-hybridized carbons (Fsp3) is 0.400. The van der Waals surface area contributed by atoms with Crippen LogP contribution in [0.5, 0.6) is 0 Å². The molecule has 0 spiro atoms. The summed E-state index contributed by atoms with van der Waals surface area (Å²) in [7, 11) is 0. The molecule has 4 aromatic rings. The lowest BCUT2D eigenvalue weighted by atomic mass is 10.1. The van der Waals surface area contributed by atoms with Crippen LogP contribution in [0.4, 0.5) is 5.95 Å². The first-order chi connectivity index (χ1) is 16.9. The molecule has 0 radical (unpaired) electrons. The second kappa shape index (κ2) is 9.00. The molecule has 4 heterocycles. The van der Waals surface area contributed by atoms with Crippen molar-refractivity contribution in [2.24, 2.45) is 5.73 Å². The van der Waals surface area contributed by atoms with Crippen molar-refractivity contribution in [3.63, 3.8) is 0 Å². The molecule has 0 saturated carbocycles. The molecule has 0 aliphatic carbocycles. The highest BCUT2D eigenvalue weighted by atomic mass is 16.2. The van der Waals surface area contributed by atoms with E-state index >= 15 is 0 Å². The number of anilines is 1. The van der Waals surface area contributed by atoms with Gasteiger partial charge in [-0.1, -0.05) is 17.6 Å². The lowest BCUT2D eigenvalue weighted by Crippen LogP contribution is -2.44. The van der Waals surface area contributed by atoms with Crippen molar-refractivity contribution in [2.45, 2.75) is 52.7 Å². The van der Waals surface area contributed by atoms with Crippen LogP contribution >= 0.6 is 0 Å². The third-order valence-electron chi connectivity index (χ3n) is 6.37. The summed E-state index contributed by atoms with van der Waals surface area (Å²) in [5, 5.41) is 0.953. The Morgan fingerprint density at radius 2 is 1.97 bits per heavy atom. The summed E-state index contributed by atoms with van der Waals surface area (Å²) in [5.74, 6) is 6.89. The second-order valence-corrected chi connectivity index (χ2v) is 9.01. The topological polar surface area (TPSA) is 116 Å².